The van der Waals surface area contributed by atoms with Crippen molar-refractivity contribution in [1.82, 2.24) is 20.9 Å². The molecule has 1 aromatic carbocycles. The lowest BCUT2D eigenvalue weighted by molar-refractivity contribution is -0.139. The molecular formula is C26H38N4O3. The number of urea groups is 1. The lowest BCUT2D eigenvalue weighted by Crippen LogP contribution is -2.61. The standard InChI is InChI=1S/C26H38N4O3/c31-23(21-11-5-2-6-12-21)28-22-13-17-30(18-14-22)24(32)26(15-7-8-16-26)29-25(33)27-19-20-9-3-1-4-10-20/h1,3-4,9-10,21-22H,2,5-8,11-19H2,(H,28,31)(H2,27,29,33). The first-order valence-corrected chi connectivity index (χ1v) is 12.8. The van der Waals surface area contributed by atoms with Gasteiger partial charge in [0.25, 0.3) is 0 Å². The molecule has 7 heteroatoms. The maximum absolute atomic E-state index is 13.5. The Bertz CT molecular complexity index is 808. The zero-order valence-electron chi connectivity index (χ0n) is 19.6. The van der Waals surface area contributed by atoms with Crippen LogP contribution in [0.4, 0.5) is 4.79 Å². The molecular weight excluding hydrogens is 416 g/mol. The van der Waals surface area contributed by atoms with Crippen LogP contribution in [0.2, 0.25) is 0 Å². The van der Waals surface area contributed by atoms with Gasteiger partial charge in [-0.05, 0) is 44.1 Å². The number of rotatable bonds is 6. The molecule has 1 aliphatic heterocycles. The number of nitrogens with zero attached hydrogens (tertiary/aromatic N) is 1. The zero-order valence-corrected chi connectivity index (χ0v) is 19.6. The Balaban J connectivity index is 1.27. The maximum atomic E-state index is 13.5. The van der Waals surface area contributed by atoms with Gasteiger partial charge in [-0.15, -0.1) is 0 Å². The number of benzene rings is 1. The average Bonchev–Trinajstić information content (AvgIpc) is 3.33. The SMILES string of the molecule is O=C(NCc1ccccc1)NC1(C(=O)N2CCC(NC(=O)C3CCCCC3)CC2)CCCC1. The van der Waals surface area contributed by atoms with Crippen LogP contribution in [0.1, 0.15) is 76.2 Å². The van der Waals surface area contributed by atoms with Crippen LogP contribution in [-0.2, 0) is 16.1 Å². The maximum Gasteiger partial charge on any atom is 0.315 e. The number of piperidine rings is 1. The summed E-state index contributed by atoms with van der Waals surface area (Å²) in [4.78, 5) is 40.6. The minimum absolute atomic E-state index is 0.0342. The van der Waals surface area contributed by atoms with Gasteiger partial charge in [0.2, 0.25) is 11.8 Å². The molecule has 1 heterocycles. The lowest BCUT2D eigenvalue weighted by Gasteiger charge is -2.39. The van der Waals surface area contributed by atoms with E-state index in [0.29, 0.717) is 32.5 Å². The Labute approximate surface area is 197 Å². The molecule has 0 aromatic heterocycles. The summed E-state index contributed by atoms with van der Waals surface area (Å²) >= 11 is 0. The fourth-order valence-corrected chi connectivity index (χ4v) is 5.62. The summed E-state index contributed by atoms with van der Waals surface area (Å²) in [7, 11) is 0. The molecule has 4 amide bonds. The molecule has 7 nitrogen and oxygen atoms in total. The summed E-state index contributed by atoms with van der Waals surface area (Å²) in [6.45, 7) is 1.69. The van der Waals surface area contributed by atoms with Crippen LogP contribution >= 0.6 is 0 Å². The van der Waals surface area contributed by atoms with E-state index in [1.165, 1.54) is 6.42 Å². The first-order chi connectivity index (χ1) is 16.1. The number of likely N-dealkylation sites (tertiary alicyclic amines) is 1. The molecule has 2 aliphatic carbocycles. The van der Waals surface area contributed by atoms with E-state index in [1.807, 2.05) is 35.2 Å². The fourth-order valence-electron chi connectivity index (χ4n) is 5.62. The molecule has 4 rings (SSSR count). The van der Waals surface area contributed by atoms with Gasteiger partial charge in [0, 0.05) is 31.6 Å². The molecule has 0 unspecified atom stereocenters. The normalized spacial score (nSPS) is 21.4. The first-order valence-electron chi connectivity index (χ1n) is 12.8. The number of nitrogens with one attached hydrogen (secondary N) is 3. The minimum atomic E-state index is -0.807. The molecule has 0 bridgehead atoms. The number of carbonyl (C=O) groups is 3. The van der Waals surface area contributed by atoms with Crippen molar-refractivity contribution < 1.29 is 14.4 Å². The van der Waals surface area contributed by atoms with E-state index in [9.17, 15) is 14.4 Å². The molecule has 3 fully saturated rings. The van der Waals surface area contributed by atoms with E-state index in [4.69, 9.17) is 0 Å². The third-order valence-corrected chi connectivity index (χ3v) is 7.62. The Kier molecular flexibility index (Phi) is 7.89. The lowest BCUT2D eigenvalue weighted by atomic mass is 9.88. The quantitative estimate of drug-likeness (QED) is 0.615. The van der Waals surface area contributed by atoms with Crippen molar-refractivity contribution in [2.45, 2.75) is 88.8 Å². The number of hydrogen-bond acceptors (Lipinski definition) is 3. The van der Waals surface area contributed by atoms with Gasteiger partial charge in [0.15, 0.2) is 0 Å². The van der Waals surface area contributed by atoms with E-state index >= 15 is 0 Å². The van der Waals surface area contributed by atoms with Crippen molar-refractivity contribution in [3.05, 3.63) is 35.9 Å². The van der Waals surface area contributed by atoms with Crippen LogP contribution in [0.15, 0.2) is 30.3 Å². The number of hydrogen-bond donors (Lipinski definition) is 3. The van der Waals surface area contributed by atoms with E-state index in [-0.39, 0.29) is 29.8 Å². The monoisotopic (exact) mass is 454 g/mol. The Morgan fingerprint density at radius 3 is 2.21 bits per heavy atom. The zero-order chi connectivity index (χ0) is 23.1. The fraction of sp³-hybridized carbons (Fsp3) is 0.654. The van der Waals surface area contributed by atoms with Crippen molar-refractivity contribution in [1.29, 1.82) is 0 Å². The summed E-state index contributed by atoms with van der Waals surface area (Å²) in [6, 6.07) is 9.62. The topological polar surface area (TPSA) is 90.5 Å². The summed E-state index contributed by atoms with van der Waals surface area (Å²) in [5.41, 5.74) is 0.218. The molecule has 2 saturated carbocycles. The van der Waals surface area contributed by atoms with Crippen molar-refractivity contribution in [2.75, 3.05) is 13.1 Å². The highest BCUT2D eigenvalue weighted by Crippen LogP contribution is 2.32. The average molecular weight is 455 g/mol. The highest BCUT2D eigenvalue weighted by atomic mass is 16.2. The van der Waals surface area contributed by atoms with Crippen LogP contribution in [0.5, 0.6) is 0 Å². The van der Waals surface area contributed by atoms with Crippen LogP contribution in [0.25, 0.3) is 0 Å². The van der Waals surface area contributed by atoms with Crippen molar-refractivity contribution in [3.8, 4) is 0 Å². The van der Waals surface area contributed by atoms with Crippen LogP contribution in [-0.4, -0.2) is 47.4 Å². The van der Waals surface area contributed by atoms with Gasteiger partial charge < -0.3 is 20.9 Å². The molecule has 1 saturated heterocycles. The summed E-state index contributed by atoms with van der Waals surface area (Å²) in [5.74, 6) is 0.397. The second kappa shape index (κ2) is 11.0. The van der Waals surface area contributed by atoms with E-state index in [2.05, 4.69) is 16.0 Å². The van der Waals surface area contributed by atoms with Gasteiger partial charge in [-0.3, -0.25) is 9.59 Å². The van der Waals surface area contributed by atoms with E-state index in [0.717, 1.165) is 56.9 Å². The summed E-state index contributed by atoms with van der Waals surface area (Å²) in [5, 5.41) is 9.17. The Morgan fingerprint density at radius 1 is 0.879 bits per heavy atom. The van der Waals surface area contributed by atoms with Crippen molar-refractivity contribution in [3.63, 3.8) is 0 Å². The molecule has 33 heavy (non-hydrogen) atoms. The predicted octanol–water partition coefficient (Wildman–Crippen LogP) is 3.49. The summed E-state index contributed by atoms with van der Waals surface area (Å²) < 4.78 is 0. The second-order valence-corrected chi connectivity index (χ2v) is 9.99. The largest absolute Gasteiger partial charge is 0.353 e. The number of amides is 4. The summed E-state index contributed by atoms with van der Waals surface area (Å²) in [6.07, 6.45) is 10.4. The number of carbonyl (C=O) groups excluding carboxylic acids is 3. The predicted molar refractivity (Wildman–Crippen MR) is 127 cm³/mol. The van der Waals surface area contributed by atoms with Crippen LogP contribution < -0.4 is 16.0 Å². The third-order valence-electron chi connectivity index (χ3n) is 7.62. The smallest absolute Gasteiger partial charge is 0.315 e. The first kappa shape index (κ1) is 23.6. The van der Waals surface area contributed by atoms with Crippen molar-refractivity contribution in [2.24, 2.45) is 5.92 Å². The van der Waals surface area contributed by atoms with Gasteiger partial charge in [-0.2, -0.15) is 0 Å². The Morgan fingerprint density at radius 2 is 1.55 bits per heavy atom. The van der Waals surface area contributed by atoms with Crippen molar-refractivity contribution >= 4 is 17.8 Å². The van der Waals surface area contributed by atoms with Gasteiger partial charge >= 0.3 is 6.03 Å². The second-order valence-electron chi connectivity index (χ2n) is 9.99. The van der Waals surface area contributed by atoms with Gasteiger partial charge in [-0.1, -0.05) is 62.4 Å². The minimum Gasteiger partial charge on any atom is -0.353 e. The van der Waals surface area contributed by atoms with E-state index < -0.39 is 5.54 Å². The Hall–Kier alpha value is -2.57. The van der Waals surface area contributed by atoms with Gasteiger partial charge in [0.05, 0.1) is 0 Å². The van der Waals surface area contributed by atoms with Crippen LogP contribution in [0.3, 0.4) is 0 Å². The molecule has 3 N–H and O–H groups in total. The molecule has 0 spiro atoms. The highest BCUT2D eigenvalue weighted by Gasteiger charge is 2.45. The van der Waals surface area contributed by atoms with E-state index in [1.54, 1.807) is 0 Å². The molecule has 3 aliphatic rings. The molecule has 0 radical (unpaired) electrons. The highest BCUT2D eigenvalue weighted by molar-refractivity contribution is 5.91. The van der Waals surface area contributed by atoms with Gasteiger partial charge in [-0.25, -0.2) is 4.79 Å². The molecule has 180 valence electrons. The van der Waals surface area contributed by atoms with Gasteiger partial charge in [0.1, 0.15) is 5.54 Å². The third kappa shape index (κ3) is 6.06. The van der Waals surface area contributed by atoms with Crippen LogP contribution in [0, 0.1) is 5.92 Å². The molecule has 0 atom stereocenters. The molecule has 1 aromatic rings.